The molecule has 27 heavy (non-hydrogen) atoms. The van der Waals surface area contributed by atoms with Crippen LogP contribution in [0.25, 0.3) is 0 Å². The number of nitrogens with two attached hydrogens (primary N) is 1. The van der Waals surface area contributed by atoms with Crippen molar-refractivity contribution in [1.29, 1.82) is 0 Å². The molecular formula is C19H17ClN3O4+. The maximum atomic E-state index is 12.3. The molecule has 0 aliphatic rings. The van der Waals surface area contributed by atoms with E-state index in [1.165, 1.54) is 18.2 Å². The first-order valence-corrected chi connectivity index (χ1v) is 8.58. The predicted octanol–water partition coefficient (Wildman–Crippen LogP) is 3.13. The van der Waals surface area contributed by atoms with Gasteiger partial charge < -0.3 is 15.1 Å². The summed E-state index contributed by atoms with van der Waals surface area (Å²) in [6.07, 6.45) is 1.58. The number of benzene rings is 2. The van der Waals surface area contributed by atoms with E-state index in [1.807, 2.05) is 41.7 Å². The Labute approximate surface area is 160 Å². The maximum absolute atomic E-state index is 12.3. The number of furan rings is 1. The van der Waals surface area contributed by atoms with Gasteiger partial charge in [0.1, 0.15) is 5.69 Å². The Morgan fingerprint density at radius 2 is 1.96 bits per heavy atom. The molecule has 7 nitrogen and oxygen atoms in total. The van der Waals surface area contributed by atoms with Crippen molar-refractivity contribution in [1.82, 2.24) is 0 Å². The summed E-state index contributed by atoms with van der Waals surface area (Å²) in [5.74, 6) is 0.347. The van der Waals surface area contributed by atoms with Crippen molar-refractivity contribution in [2.45, 2.75) is 6.04 Å². The summed E-state index contributed by atoms with van der Waals surface area (Å²) in [7, 11) is 0. The van der Waals surface area contributed by atoms with Gasteiger partial charge in [-0.15, -0.1) is 0 Å². The highest BCUT2D eigenvalue weighted by Gasteiger charge is 2.22. The number of amides is 1. The van der Waals surface area contributed by atoms with Crippen molar-refractivity contribution in [3.63, 3.8) is 0 Å². The molecule has 1 amide bonds. The highest BCUT2D eigenvalue weighted by atomic mass is 35.5. The van der Waals surface area contributed by atoms with Crippen LogP contribution in [0, 0.1) is 10.1 Å². The third kappa shape index (κ3) is 4.72. The summed E-state index contributed by atoms with van der Waals surface area (Å²) >= 11 is 5.79. The van der Waals surface area contributed by atoms with Crippen LogP contribution in [-0.4, -0.2) is 17.4 Å². The minimum atomic E-state index is -0.583. The third-order valence-corrected chi connectivity index (χ3v) is 4.21. The maximum Gasteiger partial charge on any atom is 0.294 e. The second-order valence-corrected chi connectivity index (χ2v) is 6.25. The van der Waals surface area contributed by atoms with E-state index in [0.29, 0.717) is 5.76 Å². The van der Waals surface area contributed by atoms with Crippen molar-refractivity contribution < 1.29 is 19.5 Å². The van der Waals surface area contributed by atoms with Crippen LogP contribution in [0.3, 0.4) is 0 Å². The zero-order valence-electron chi connectivity index (χ0n) is 14.2. The minimum absolute atomic E-state index is 0.0556. The van der Waals surface area contributed by atoms with Gasteiger partial charge in [-0.3, -0.25) is 14.9 Å². The number of nitro benzene ring substituents is 1. The molecule has 3 N–H and O–H groups in total. The highest BCUT2D eigenvalue weighted by Crippen LogP contribution is 2.27. The number of nitro groups is 1. The van der Waals surface area contributed by atoms with E-state index in [4.69, 9.17) is 16.0 Å². The number of nitrogens with one attached hydrogen (secondary N) is 1. The van der Waals surface area contributed by atoms with E-state index >= 15 is 0 Å². The fourth-order valence-electron chi connectivity index (χ4n) is 2.73. The normalized spacial score (nSPS) is 11.7. The molecule has 1 aromatic heterocycles. The van der Waals surface area contributed by atoms with Crippen molar-refractivity contribution in [3.05, 3.63) is 93.4 Å². The van der Waals surface area contributed by atoms with Gasteiger partial charge in [-0.25, -0.2) is 0 Å². The Balaban J connectivity index is 1.71. The fraction of sp³-hybridized carbons (Fsp3) is 0.105. The highest BCUT2D eigenvalue weighted by molar-refractivity contribution is 6.31. The lowest BCUT2D eigenvalue weighted by atomic mass is 10.0. The molecule has 0 bridgehead atoms. The fourth-order valence-corrected chi connectivity index (χ4v) is 2.90. The van der Waals surface area contributed by atoms with E-state index in [9.17, 15) is 14.9 Å². The second-order valence-electron chi connectivity index (χ2n) is 5.81. The summed E-state index contributed by atoms with van der Waals surface area (Å²) in [6, 6.07) is 17.2. The summed E-state index contributed by atoms with van der Waals surface area (Å²) in [6.45, 7) is 0.0556. The molecule has 0 radical (unpaired) electrons. The van der Waals surface area contributed by atoms with Gasteiger partial charge in [0.15, 0.2) is 18.3 Å². The molecule has 3 aromatic rings. The molecule has 0 fully saturated rings. The van der Waals surface area contributed by atoms with Crippen molar-refractivity contribution >= 4 is 28.9 Å². The number of anilines is 1. The van der Waals surface area contributed by atoms with Crippen LogP contribution in [-0.2, 0) is 4.79 Å². The Morgan fingerprint density at radius 3 is 2.63 bits per heavy atom. The topological polar surface area (TPSA) is 102 Å². The van der Waals surface area contributed by atoms with E-state index in [-0.39, 0.29) is 34.9 Å². The van der Waals surface area contributed by atoms with Crippen LogP contribution in [0.2, 0.25) is 5.02 Å². The smallest absolute Gasteiger partial charge is 0.294 e. The molecule has 1 heterocycles. The van der Waals surface area contributed by atoms with Crippen LogP contribution in [0.1, 0.15) is 17.4 Å². The monoisotopic (exact) mass is 386 g/mol. The quantitative estimate of drug-likeness (QED) is 0.481. The van der Waals surface area contributed by atoms with Crippen LogP contribution < -0.4 is 10.6 Å². The van der Waals surface area contributed by atoms with Crippen molar-refractivity contribution in [3.8, 4) is 0 Å². The first-order valence-electron chi connectivity index (χ1n) is 8.20. The number of hydrogen-bond acceptors (Lipinski definition) is 4. The predicted molar refractivity (Wildman–Crippen MR) is 101 cm³/mol. The molecule has 0 saturated heterocycles. The van der Waals surface area contributed by atoms with E-state index in [2.05, 4.69) is 5.32 Å². The van der Waals surface area contributed by atoms with Crippen LogP contribution in [0.15, 0.2) is 71.3 Å². The lowest BCUT2D eigenvalue weighted by Crippen LogP contribution is -2.87. The summed E-state index contributed by atoms with van der Waals surface area (Å²) in [5, 5.41) is 15.7. The molecule has 1 atom stereocenters. The summed E-state index contributed by atoms with van der Waals surface area (Å²) in [4.78, 5) is 22.9. The summed E-state index contributed by atoms with van der Waals surface area (Å²) < 4.78 is 5.50. The van der Waals surface area contributed by atoms with Gasteiger partial charge in [0.25, 0.3) is 11.6 Å². The van der Waals surface area contributed by atoms with E-state index in [0.717, 1.165) is 5.56 Å². The van der Waals surface area contributed by atoms with Gasteiger partial charge in [-0.1, -0.05) is 41.9 Å². The molecule has 0 spiro atoms. The number of nitrogens with zero attached hydrogens (tertiary/aromatic N) is 1. The van der Waals surface area contributed by atoms with Crippen molar-refractivity contribution in [2.75, 3.05) is 11.9 Å². The molecule has 0 saturated carbocycles. The molecule has 0 aliphatic heterocycles. The number of quaternary nitrogens is 1. The second kappa shape index (κ2) is 8.48. The standard InChI is InChI=1S/C19H16ClN3O4/c20-14-8-9-15(16(11-14)23(25)26)22-18(24)12-21-19(17-7-4-10-27-17)13-5-2-1-3-6-13/h1-11,19,21H,12H2,(H,22,24)/p+1/t19-/m1/s1. The van der Waals surface area contributed by atoms with Gasteiger partial charge in [-0.2, -0.15) is 0 Å². The number of hydrogen-bond donors (Lipinski definition) is 2. The largest absolute Gasteiger partial charge is 0.463 e. The molecule has 3 rings (SSSR count). The van der Waals surface area contributed by atoms with Gasteiger partial charge in [-0.05, 0) is 24.3 Å². The number of halogens is 1. The van der Waals surface area contributed by atoms with Crippen LogP contribution in [0.4, 0.5) is 11.4 Å². The number of carbonyl (C=O) groups is 1. The number of carbonyl (C=O) groups excluding carboxylic acids is 1. The lowest BCUT2D eigenvalue weighted by molar-refractivity contribution is -0.678. The first kappa shape index (κ1) is 18.6. The molecule has 8 heteroatoms. The Kier molecular flexibility index (Phi) is 5.85. The minimum Gasteiger partial charge on any atom is -0.463 e. The SMILES string of the molecule is O=C(C[NH2+][C@H](c1ccccc1)c1ccco1)Nc1ccc(Cl)cc1[N+](=O)[O-]. The Morgan fingerprint density at radius 1 is 1.19 bits per heavy atom. The van der Waals surface area contributed by atoms with Crippen LogP contribution >= 0.6 is 11.6 Å². The average Bonchev–Trinajstić information content (AvgIpc) is 3.18. The van der Waals surface area contributed by atoms with Gasteiger partial charge in [0, 0.05) is 16.7 Å². The number of rotatable bonds is 7. The lowest BCUT2D eigenvalue weighted by Gasteiger charge is -2.14. The zero-order chi connectivity index (χ0) is 19.2. The Bertz CT molecular complexity index is 929. The van der Waals surface area contributed by atoms with Gasteiger partial charge in [0.2, 0.25) is 0 Å². The van der Waals surface area contributed by atoms with Crippen molar-refractivity contribution in [2.24, 2.45) is 0 Å². The van der Waals surface area contributed by atoms with E-state index in [1.54, 1.807) is 12.3 Å². The molecule has 0 unspecified atom stereocenters. The molecule has 2 aromatic carbocycles. The third-order valence-electron chi connectivity index (χ3n) is 3.98. The Hall–Kier alpha value is -3.16. The molecule has 138 valence electrons. The zero-order valence-corrected chi connectivity index (χ0v) is 14.9. The average molecular weight is 387 g/mol. The van der Waals surface area contributed by atoms with Gasteiger partial charge in [0.05, 0.1) is 11.2 Å². The van der Waals surface area contributed by atoms with Crippen LogP contribution in [0.5, 0.6) is 0 Å². The van der Waals surface area contributed by atoms with Gasteiger partial charge >= 0.3 is 0 Å². The summed E-state index contributed by atoms with van der Waals surface area (Å²) in [5.41, 5.74) is 0.844. The first-order chi connectivity index (χ1) is 13.0. The molecule has 0 aliphatic carbocycles. The van der Waals surface area contributed by atoms with E-state index < -0.39 is 4.92 Å². The molecular weight excluding hydrogens is 370 g/mol.